The number of carbonyl (C=O) groups is 2. The van der Waals surface area contributed by atoms with Gasteiger partial charge < -0.3 is 10.2 Å². The molecule has 2 saturated heterocycles. The van der Waals surface area contributed by atoms with Crippen molar-refractivity contribution >= 4 is 48.2 Å². The lowest BCUT2D eigenvalue weighted by Gasteiger charge is -2.52. The fourth-order valence-electron chi connectivity index (χ4n) is 6.11. The van der Waals surface area contributed by atoms with Gasteiger partial charge in [-0.3, -0.25) is 14.5 Å². The SMILES string of the molecule is CCCCN1C(=O)C(CC(C)C)NC(=O)C12CCN(Cc1c(CC)nn(-c3ccc(Cl)cc3)c1CC)CC2.Cl.Cl. The number of hydrogen-bond acceptors (Lipinski definition) is 4. The molecule has 0 radical (unpaired) electrons. The van der Waals surface area contributed by atoms with Gasteiger partial charge in [0.15, 0.2) is 0 Å². The van der Waals surface area contributed by atoms with Crippen LogP contribution in [0.3, 0.4) is 0 Å². The molecule has 0 bridgehead atoms. The van der Waals surface area contributed by atoms with Gasteiger partial charge in [0.05, 0.1) is 11.4 Å². The number of likely N-dealkylation sites (tertiary alicyclic amines) is 1. The van der Waals surface area contributed by atoms with E-state index in [0.717, 1.165) is 56.7 Å². The minimum absolute atomic E-state index is 0. The number of aryl methyl sites for hydroxylation is 1. The van der Waals surface area contributed by atoms with Crippen LogP contribution in [0.15, 0.2) is 24.3 Å². The summed E-state index contributed by atoms with van der Waals surface area (Å²) in [5.41, 5.74) is 3.90. The Morgan fingerprint density at radius 2 is 1.70 bits per heavy atom. The molecular formula is C30H46Cl3N5O2. The molecule has 1 aromatic carbocycles. The summed E-state index contributed by atoms with van der Waals surface area (Å²) >= 11 is 6.13. The van der Waals surface area contributed by atoms with Crippen LogP contribution >= 0.6 is 36.4 Å². The summed E-state index contributed by atoms with van der Waals surface area (Å²) in [5.74, 6) is 0.492. The van der Waals surface area contributed by atoms with Crippen molar-refractivity contribution in [3.05, 3.63) is 46.2 Å². The molecule has 3 heterocycles. The molecule has 0 saturated carbocycles. The maximum absolute atomic E-state index is 13.6. The summed E-state index contributed by atoms with van der Waals surface area (Å²) in [7, 11) is 0. The normalized spacial score (nSPS) is 19.0. The number of carbonyl (C=O) groups excluding carboxylic acids is 2. The van der Waals surface area contributed by atoms with Gasteiger partial charge in [-0.15, -0.1) is 24.8 Å². The quantitative estimate of drug-likeness (QED) is 0.356. The summed E-state index contributed by atoms with van der Waals surface area (Å²) in [5, 5.41) is 8.81. The molecule has 2 aromatic rings. The number of nitrogens with zero attached hydrogens (tertiary/aromatic N) is 4. The highest BCUT2D eigenvalue weighted by Gasteiger charge is 2.53. The highest BCUT2D eigenvalue weighted by Crippen LogP contribution is 2.35. The molecule has 4 rings (SSSR count). The van der Waals surface area contributed by atoms with Crippen LogP contribution < -0.4 is 5.32 Å². The Labute approximate surface area is 257 Å². The zero-order chi connectivity index (χ0) is 27.4. The first-order valence-electron chi connectivity index (χ1n) is 14.4. The molecule has 1 spiro atoms. The van der Waals surface area contributed by atoms with Crippen molar-refractivity contribution in [1.82, 2.24) is 24.9 Å². The van der Waals surface area contributed by atoms with Crippen molar-refractivity contribution in [2.45, 2.75) is 97.7 Å². The lowest BCUT2D eigenvalue weighted by molar-refractivity contribution is -0.161. The summed E-state index contributed by atoms with van der Waals surface area (Å²) in [6, 6.07) is 7.43. The third-order valence-corrected chi connectivity index (χ3v) is 8.48. The monoisotopic (exact) mass is 613 g/mol. The highest BCUT2D eigenvalue weighted by atomic mass is 35.5. The fraction of sp³-hybridized carbons (Fsp3) is 0.633. The molecule has 7 nitrogen and oxygen atoms in total. The zero-order valence-electron chi connectivity index (χ0n) is 24.5. The zero-order valence-corrected chi connectivity index (χ0v) is 26.9. The topological polar surface area (TPSA) is 70.5 Å². The van der Waals surface area contributed by atoms with Gasteiger partial charge in [0.25, 0.3) is 0 Å². The van der Waals surface area contributed by atoms with E-state index in [9.17, 15) is 9.59 Å². The lowest BCUT2D eigenvalue weighted by atomic mass is 9.80. The highest BCUT2D eigenvalue weighted by molar-refractivity contribution is 6.30. The van der Waals surface area contributed by atoms with Crippen molar-refractivity contribution in [3.8, 4) is 5.69 Å². The largest absolute Gasteiger partial charge is 0.342 e. The summed E-state index contributed by atoms with van der Waals surface area (Å²) in [6.45, 7) is 13.7. The van der Waals surface area contributed by atoms with Gasteiger partial charge in [-0.25, -0.2) is 4.68 Å². The molecule has 2 amide bonds. The molecule has 1 N–H and O–H groups in total. The van der Waals surface area contributed by atoms with Crippen molar-refractivity contribution in [1.29, 1.82) is 0 Å². The maximum Gasteiger partial charge on any atom is 0.246 e. The van der Waals surface area contributed by atoms with Crippen LogP contribution in [0, 0.1) is 5.92 Å². The first-order valence-corrected chi connectivity index (χ1v) is 14.8. The Bertz CT molecular complexity index is 1130. The van der Waals surface area contributed by atoms with Crippen molar-refractivity contribution in [2.75, 3.05) is 19.6 Å². The molecule has 1 unspecified atom stereocenters. The summed E-state index contributed by atoms with van der Waals surface area (Å²) < 4.78 is 2.06. The Kier molecular flexibility index (Phi) is 12.8. The maximum atomic E-state index is 13.6. The second-order valence-corrected chi connectivity index (χ2v) is 11.7. The number of halogens is 3. The van der Waals surface area contributed by atoms with Crippen molar-refractivity contribution in [3.63, 3.8) is 0 Å². The number of piperidine rings is 1. The van der Waals surface area contributed by atoms with Crippen LogP contribution in [-0.4, -0.2) is 62.6 Å². The number of unbranched alkanes of at least 4 members (excludes halogenated alkanes) is 1. The van der Waals surface area contributed by atoms with E-state index in [4.69, 9.17) is 16.7 Å². The number of benzene rings is 1. The number of rotatable bonds is 10. The molecule has 0 aliphatic carbocycles. The number of hydrogen-bond donors (Lipinski definition) is 1. The molecule has 224 valence electrons. The van der Waals surface area contributed by atoms with E-state index in [0.29, 0.717) is 36.7 Å². The predicted octanol–water partition coefficient (Wildman–Crippen LogP) is 6.00. The minimum atomic E-state index is -0.731. The first kappa shape index (κ1) is 34.4. The summed E-state index contributed by atoms with van der Waals surface area (Å²) in [4.78, 5) is 31.5. The van der Waals surface area contributed by atoms with Gasteiger partial charge >= 0.3 is 0 Å². The van der Waals surface area contributed by atoms with Crippen LogP contribution in [0.1, 0.15) is 83.7 Å². The molecule has 40 heavy (non-hydrogen) atoms. The predicted molar refractivity (Wildman–Crippen MR) is 167 cm³/mol. The molecule has 10 heteroatoms. The van der Waals surface area contributed by atoms with E-state index in [1.54, 1.807) is 0 Å². The van der Waals surface area contributed by atoms with Crippen LogP contribution in [0.25, 0.3) is 5.69 Å². The smallest absolute Gasteiger partial charge is 0.246 e. The average Bonchev–Trinajstić information content (AvgIpc) is 3.25. The standard InChI is InChI=1S/C30H44ClN5O2.2ClH/c1-6-9-16-35-28(37)26(19-21(4)5)32-29(38)30(35)14-17-34(18-15-30)20-24-25(7-2)33-36(27(24)8-3)23-12-10-22(31)11-13-23;;/h10-13,21,26H,6-9,14-20H2,1-5H3,(H,32,38);2*1H. The fourth-order valence-corrected chi connectivity index (χ4v) is 6.24. The number of aromatic nitrogens is 2. The van der Waals surface area contributed by atoms with Gasteiger partial charge in [0.1, 0.15) is 11.6 Å². The van der Waals surface area contributed by atoms with Crippen molar-refractivity contribution < 1.29 is 9.59 Å². The second-order valence-electron chi connectivity index (χ2n) is 11.3. The number of nitrogens with one attached hydrogen (secondary N) is 1. The van der Waals surface area contributed by atoms with Crippen molar-refractivity contribution in [2.24, 2.45) is 5.92 Å². The number of piperazine rings is 1. The van der Waals surface area contributed by atoms with Crippen LogP contribution in [-0.2, 0) is 29.0 Å². The van der Waals surface area contributed by atoms with Crippen LogP contribution in [0.4, 0.5) is 0 Å². The Morgan fingerprint density at radius 1 is 1.05 bits per heavy atom. The van der Waals surface area contributed by atoms with Gasteiger partial charge in [-0.05, 0) is 68.7 Å². The second kappa shape index (κ2) is 14.9. The van der Waals surface area contributed by atoms with Gasteiger partial charge in [0, 0.05) is 42.5 Å². The van der Waals surface area contributed by atoms with Crippen LogP contribution in [0.2, 0.25) is 5.02 Å². The Hall–Kier alpha value is -1.80. The molecular weight excluding hydrogens is 569 g/mol. The van der Waals surface area contributed by atoms with E-state index < -0.39 is 11.6 Å². The van der Waals surface area contributed by atoms with Gasteiger partial charge in [-0.1, -0.05) is 52.6 Å². The molecule has 1 atom stereocenters. The van der Waals surface area contributed by atoms with Crippen LogP contribution in [0.5, 0.6) is 0 Å². The molecule has 1 aromatic heterocycles. The van der Waals surface area contributed by atoms with E-state index in [2.05, 4.69) is 49.5 Å². The van der Waals surface area contributed by atoms with E-state index in [1.807, 2.05) is 29.2 Å². The first-order chi connectivity index (χ1) is 18.2. The van der Waals surface area contributed by atoms with Gasteiger partial charge in [-0.2, -0.15) is 5.10 Å². The van der Waals surface area contributed by atoms with E-state index in [-0.39, 0.29) is 36.6 Å². The minimum Gasteiger partial charge on any atom is -0.342 e. The third-order valence-electron chi connectivity index (χ3n) is 8.23. The third kappa shape index (κ3) is 6.97. The number of amides is 2. The Balaban J connectivity index is 0.00000280. The molecule has 2 fully saturated rings. The van der Waals surface area contributed by atoms with E-state index >= 15 is 0 Å². The summed E-state index contributed by atoms with van der Waals surface area (Å²) in [6.07, 6.45) is 5.67. The lowest BCUT2D eigenvalue weighted by Crippen LogP contribution is -2.73. The van der Waals surface area contributed by atoms with E-state index in [1.165, 1.54) is 11.3 Å². The average molecular weight is 615 g/mol. The Morgan fingerprint density at radius 3 is 2.25 bits per heavy atom. The molecule has 2 aliphatic heterocycles. The van der Waals surface area contributed by atoms with Gasteiger partial charge in [0.2, 0.25) is 11.8 Å². The molecule has 2 aliphatic rings.